The number of aryl methyl sites for hydroxylation is 1. The van der Waals surface area contributed by atoms with Gasteiger partial charge < -0.3 is 5.73 Å². The Morgan fingerprint density at radius 2 is 1.72 bits per heavy atom. The number of halogens is 2. The molecular formula is C15H21F2N. The largest absolute Gasteiger partial charge is 0.326 e. The quantitative estimate of drug-likeness (QED) is 0.847. The summed E-state index contributed by atoms with van der Waals surface area (Å²) in [5.41, 5.74) is 6.93. The fraction of sp³-hybridized carbons (Fsp3) is 0.600. The zero-order valence-electron chi connectivity index (χ0n) is 11.0. The third kappa shape index (κ3) is 3.29. The third-order valence-corrected chi connectivity index (χ3v) is 3.49. The molecule has 1 aromatic rings. The Balaban J connectivity index is 2.01. The third-order valence-electron chi connectivity index (χ3n) is 3.49. The molecule has 1 fully saturated rings. The molecule has 2 rings (SSSR count). The lowest BCUT2D eigenvalue weighted by Gasteiger charge is -2.19. The van der Waals surface area contributed by atoms with Crippen LogP contribution in [0.3, 0.4) is 0 Å². The summed E-state index contributed by atoms with van der Waals surface area (Å²) in [5, 5.41) is 0. The summed E-state index contributed by atoms with van der Waals surface area (Å²) in [6.45, 7) is 3.95. The molecule has 2 N–H and O–H groups in total. The molecule has 3 heteroatoms. The van der Waals surface area contributed by atoms with Crippen LogP contribution in [0.15, 0.2) is 24.3 Å². The second-order valence-electron chi connectivity index (χ2n) is 6.08. The van der Waals surface area contributed by atoms with E-state index in [0.717, 1.165) is 18.4 Å². The summed E-state index contributed by atoms with van der Waals surface area (Å²) >= 11 is 0. The lowest BCUT2D eigenvalue weighted by Crippen LogP contribution is -2.32. The summed E-state index contributed by atoms with van der Waals surface area (Å²) in [4.78, 5) is 0. The van der Waals surface area contributed by atoms with Gasteiger partial charge in [0.2, 0.25) is 0 Å². The maximum Gasteiger partial charge on any atom is 0.276 e. The van der Waals surface area contributed by atoms with Crippen molar-refractivity contribution in [3.05, 3.63) is 35.4 Å². The van der Waals surface area contributed by atoms with Crippen molar-refractivity contribution in [1.82, 2.24) is 0 Å². The van der Waals surface area contributed by atoms with Gasteiger partial charge in [0.1, 0.15) is 0 Å². The number of hydrogen-bond donors (Lipinski definition) is 1. The SMILES string of the molecule is CC(C)(N)CCc1ccc(C(F)(F)C2CC2)cc1. The van der Waals surface area contributed by atoms with Gasteiger partial charge in [0, 0.05) is 17.0 Å². The summed E-state index contributed by atoms with van der Waals surface area (Å²) in [5.74, 6) is -3.09. The highest BCUT2D eigenvalue weighted by molar-refractivity contribution is 5.27. The van der Waals surface area contributed by atoms with E-state index >= 15 is 0 Å². The topological polar surface area (TPSA) is 26.0 Å². The summed E-state index contributed by atoms with van der Waals surface area (Å²) in [6, 6.07) is 6.74. The van der Waals surface area contributed by atoms with E-state index in [9.17, 15) is 8.78 Å². The first-order chi connectivity index (χ1) is 8.29. The number of benzene rings is 1. The summed E-state index contributed by atoms with van der Waals surface area (Å²) in [7, 11) is 0. The van der Waals surface area contributed by atoms with Gasteiger partial charge in [0.05, 0.1) is 0 Å². The van der Waals surface area contributed by atoms with Crippen LogP contribution >= 0.6 is 0 Å². The van der Waals surface area contributed by atoms with E-state index in [1.165, 1.54) is 0 Å². The Morgan fingerprint density at radius 3 is 2.17 bits per heavy atom. The minimum atomic E-state index is -2.65. The maximum atomic E-state index is 13.8. The second kappa shape index (κ2) is 4.61. The molecular weight excluding hydrogens is 232 g/mol. The van der Waals surface area contributed by atoms with Crippen LogP contribution in [0.25, 0.3) is 0 Å². The summed E-state index contributed by atoms with van der Waals surface area (Å²) in [6.07, 6.45) is 2.98. The van der Waals surface area contributed by atoms with Crippen molar-refractivity contribution in [2.24, 2.45) is 11.7 Å². The highest BCUT2D eigenvalue weighted by atomic mass is 19.3. The molecule has 0 atom stereocenters. The van der Waals surface area contributed by atoms with Gasteiger partial charge in [0.25, 0.3) is 5.92 Å². The van der Waals surface area contributed by atoms with Crippen molar-refractivity contribution in [3.63, 3.8) is 0 Å². The Morgan fingerprint density at radius 1 is 1.17 bits per heavy atom. The molecule has 0 aliphatic heterocycles. The predicted molar refractivity (Wildman–Crippen MR) is 69.6 cm³/mol. The fourth-order valence-corrected chi connectivity index (χ4v) is 2.04. The van der Waals surface area contributed by atoms with Crippen LogP contribution in [-0.4, -0.2) is 5.54 Å². The van der Waals surface area contributed by atoms with E-state index in [0.29, 0.717) is 12.8 Å². The van der Waals surface area contributed by atoms with Crippen molar-refractivity contribution < 1.29 is 8.78 Å². The number of alkyl halides is 2. The van der Waals surface area contributed by atoms with Crippen molar-refractivity contribution in [3.8, 4) is 0 Å². The Labute approximate surface area is 107 Å². The van der Waals surface area contributed by atoms with Gasteiger partial charge in [-0.25, -0.2) is 8.78 Å². The Hall–Kier alpha value is -0.960. The average Bonchev–Trinajstić information content (AvgIpc) is 3.10. The maximum absolute atomic E-state index is 13.8. The van der Waals surface area contributed by atoms with Gasteiger partial charge in [-0.2, -0.15) is 0 Å². The summed E-state index contributed by atoms with van der Waals surface area (Å²) < 4.78 is 27.7. The normalized spacial score (nSPS) is 16.9. The fourth-order valence-electron chi connectivity index (χ4n) is 2.04. The van der Waals surface area contributed by atoms with Crippen LogP contribution in [-0.2, 0) is 12.3 Å². The molecule has 0 unspecified atom stereocenters. The van der Waals surface area contributed by atoms with Crippen molar-refractivity contribution in [2.75, 3.05) is 0 Å². The van der Waals surface area contributed by atoms with Gasteiger partial charge >= 0.3 is 0 Å². The molecule has 1 aliphatic carbocycles. The molecule has 18 heavy (non-hydrogen) atoms. The highest BCUT2D eigenvalue weighted by Crippen LogP contribution is 2.49. The van der Waals surface area contributed by atoms with Crippen LogP contribution in [0.5, 0.6) is 0 Å². The molecule has 1 saturated carbocycles. The molecule has 100 valence electrons. The lowest BCUT2D eigenvalue weighted by atomic mass is 9.95. The monoisotopic (exact) mass is 253 g/mol. The number of nitrogens with two attached hydrogens (primary N) is 1. The standard InChI is InChI=1S/C15H21F2N/c1-14(2,18)10-9-11-3-5-12(6-4-11)15(16,17)13-7-8-13/h3-6,13H,7-10,18H2,1-2H3. The molecule has 0 aromatic heterocycles. The van der Waals surface area contributed by atoms with Gasteiger partial charge in [0.15, 0.2) is 0 Å². The molecule has 1 nitrogen and oxygen atoms in total. The smallest absolute Gasteiger partial charge is 0.276 e. The van der Waals surface area contributed by atoms with Gasteiger partial charge in [-0.05, 0) is 45.1 Å². The number of rotatable bonds is 5. The van der Waals surface area contributed by atoms with Crippen molar-refractivity contribution >= 4 is 0 Å². The van der Waals surface area contributed by atoms with Crippen molar-refractivity contribution in [1.29, 1.82) is 0 Å². The lowest BCUT2D eigenvalue weighted by molar-refractivity contribution is -0.0285. The minimum Gasteiger partial charge on any atom is -0.326 e. The Bertz CT molecular complexity index is 399. The first-order valence-electron chi connectivity index (χ1n) is 6.55. The molecule has 0 radical (unpaired) electrons. The molecule has 0 heterocycles. The van der Waals surface area contributed by atoms with E-state index in [1.54, 1.807) is 24.3 Å². The van der Waals surface area contributed by atoms with E-state index in [1.807, 2.05) is 13.8 Å². The second-order valence-corrected chi connectivity index (χ2v) is 6.08. The van der Waals surface area contributed by atoms with Crippen LogP contribution in [0.1, 0.15) is 44.2 Å². The molecule has 0 bridgehead atoms. The molecule has 1 aromatic carbocycles. The van der Waals surface area contributed by atoms with Crippen molar-refractivity contribution in [2.45, 2.75) is 51.0 Å². The predicted octanol–water partition coefficient (Wildman–Crippen LogP) is 3.86. The molecule has 0 spiro atoms. The van der Waals surface area contributed by atoms with E-state index in [2.05, 4.69) is 0 Å². The molecule has 0 saturated heterocycles. The first kappa shape index (κ1) is 13.5. The first-order valence-corrected chi connectivity index (χ1v) is 6.55. The molecule has 0 amide bonds. The van der Waals surface area contributed by atoms with Crippen LogP contribution in [0.4, 0.5) is 8.78 Å². The van der Waals surface area contributed by atoms with Gasteiger partial charge in [-0.3, -0.25) is 0 Å². The van der Waals surface area contributed by atoms with E-state index in [4.69, 9.17) is 5.73 Å². The Kier molecular flexibility index (Phi) is 3.45. The zero-order valence-corrected chi connectivity index (χ0v) is 11.0. The molecule has 1 aliphatic rings. The van der Waals surface area contributed by atoms with Gasteiger partial charge in [-0.1, -0.05) is 24.3 Å². The number of hydrogen-bond acceptors (Lipinski definition) is 1. The zero-order chi connectivity index (χ0) is 13.4. The van der Waals surface area contributed by atoms with E-state index in [-0.39, 0.29) is 11.1 Å². The van der Waals surface area contributed by atoms with Crippen LogP contribution < -0.4 is 5.73 Å². The van der Waals surface area contributed by atoms with E-state index < -0.39 is 11.8 Å². The minimum absolute atomic E-state index is 0.153. The average molecular weight is 253 g/mol. The van der Waals surface area contributed by atoms with Crippen LogP contribution in [0, 0.1) is 5.92 Å². The van der Waals surface area contributed by atoms with Gasteiger partial charge in [-0.15, -0.1) is 0 Å². The highest BCUT2D eigenvalue weighted by Gasteiger charge is 2.47. The van der Waals surface area contributed by atoms with Crippen LogP contribution in [0.2, 0.25) is 0 Å².